The van der Waals surface area contributed by atoms with Crippen molar-refractivity contribution < 1.29 is 0 Å². The molecule has 3 nitrogen and oxygen atoms in total. The minimum atomic E-state index is 0.138. The fourth-order valence-corrected chi connectivity index (χ4v) is 3.30. The zero-order valence-corrected chi connectivity index (χ0v) is 14.1. The number of likely N-dealkylation sites (tertiary alicyclic amines) is 1. The molecule has 112 valence electrons. The zero-order chi connectivity index (χ0) is 14.5. The summed E-state index contributed by atoms with van der Waals surface area (Å²) in [6.07, 6.45) is 3.58. The molecule has 1 aromatic carbocycles. The largest absolute Gasteiger partial charge is 0.324 e. The molecule has 0 amide bonds. The van der Waals surface area contributed by atoms with Crippen LogP contribution in [0.5, 0.6) is 0 Å². The van der Waals surface area contributed by atoms with Gasteiger partial charge < -0.3 is 15.5 Å². The van der Waals surface area contributed by atoms with Gasteiger partial charge in [0.1, 0.15) is 0 Å². The lowest BCUT2D eigenvalue weighted by molar-refractivity contribution is 0.142. The molecular formula is C16H26BrN3. The summed E-state index contributed by atoms with van der Waals surface area (Å²) in [7, 11) is 4.37. The number of piperidine rings is 1. The van der Waals surface area contributed by atoms with Crippen molar-refractivity contribution in [2.24, 2.45) is 5.73 Å². The highest BCUT2D eigenvalue weighted by Gasteiger charge is 2.20. The van der Waals surface area contributed by atoms with Crippen molar-refractivity contribution in [3.63, 3.8) is 0 Å². The van der Waals surface area contributed by atoms with Crippen molar-refractivity contribution in [3.8, 4) is 0 Å². The van der Waals surface area contributed by atoms with E-state index in [1.165, 1.54) is 31.5 Å². The van der Waals surface area contributed by atoms with E-state index < -0.39 is 0 Å². The van der Waals surface area contributed by atoms with E-state index in [0.29, 0.717) is 0 Å². The van der Waals surface area contributed by atoms with Gasteiger partial charge in [0.25, 0.3) is 0 Å². The van der Waals surface area contributed by atoms with E-state index in [9.17, 15) is 0 Å². The molecule has 1 heterocycles. The van der Waals surface area contributed by atoms with Gasteiger partial charge in [0.15, 0.2) is 0 Å². The van der Waals surface area contributed by atoms with Crippen LogP contribution >= 0.6 is 15.9 Å². The molecule has 1 aromatic rings. The Kier molecular flexibility index (Phi) is 6.02. The molecular weight excluding hydrogens is 314 g/mol. The lowest BCUT2D eigenvalue weighted by Gasteiger charge is -2.35. The molecule has 0 aliphatic carbocycles. The second-order valence-electron chi connectivity index (χ2n) is 5.99. The molecule has 2 rings (SSSR count). The Labute approximate surface area is 131 Å². The topological polar surface area (TPSA) is 32.5 Å². The van der Waals surface area contributed by atoms with E-state index in [4.69, 9.17) is 5.73 Å². The lowest BCUT2D eigenvalue weighted by Crippen LogP contribution is -2.42. The standard InChI is InChI=1S/C16H26BrN3/c1-19(2)15-6-9-20(10-7-15)11-8-16(18)13-4-3-5-14(17)12-13/h3-5,12,15-16H,6-11,18H2,1-2H3. The minimum Gasteiger partial charge on any atom is -0.324 e. The fourth-order valence-electron chi connectivity index (χ4n) is 2.88. The van der Waals surface area contributed by atoms with Gasteiger partial charge >= 0.3 is 0 Å². The molecule has 1 aliphatic heterocycles. The molecule has 4 heteroatoms. The Hall–Kier alpha value is -0.420. The molecule has 0 radical (unpaired) electrons. The first-order chi connectivity index (χ1) is 9.56. The normalized spacial score (nSPS) is 19.4. The highest BCUT2D eigenvalue weighted by molar-refractivity contribution is 9.10. The third-order valence-electron chi connectivity index (χ3n) is 4.32. The number of nitrogens with zero attached hydrogens (tertiary/aromatic N) is 2. The minimum absolute atomic E-state index is 0.138. The molecule has 0 saturated carbocycles. The van der Waals surface area contributed by atoms with E-state index in [1.54, 1.807) is 0 Å². The summed E-state index contributed by atoms with van der Waals surface area (Å²) < 4.78 is 1.11. The number of hydrogen-bond donors (Lipinski definition) is 1. The van der Waals surface area contributed by atoms with Crippen LogP contribution in [0.2, 0.25) is 0 Å². The van der Waals surface area contributed by atoms with Gasteiger partial charge in [-0.3, -0.25) is 0 Å². The van der Waals surface area contributed by atoms with Crippen molar-refractivity contribution in [3.05, 3.63) is 34.3 Å². The summed E-state index contributed by atoms with van der Waals surface area (Å²) >= 11 is 3.51. The number of hydrogen-bond acceptors (Lipinski definition) is 3. The molecule has 1 saturated heterocycles. The van der Waals surface area contributed by atoms with Gasteiger partial charge in [-0.05, 0) is 70.7 Å². The second-order valence-corrected chi connectivity index (χ2v) is 6.90. The Morgan fingerprint density at radius 1 is 1.35 bits per heavy atom. The summed E-state index contributed by atoms with van der Waals surface area (Å²) in [6.45, 7) is 3.51. The van der Waals surface area contributed by atoms with Crippen molar-refractivity contribution in [2.45, 2.75) is 31.3 Å². The molecule has 1 aliphatic rings. The van der Waals surface area contributed by atoms with Gasteiger partial charge in [-0.15, -0.1) is 0 Å². The predicted molar refractivity (Wildman–Crippen MR) is 88.8 cm³/mol. The van der Waals surface area contributed by atoms with Crippen LogP contribution in [0.25, 0.3) is 0 Å². The van der Waals surface area contributed by atoms with E-state index in [2.05, 4.69) is 58.0 Å². The summed E-state index contributed by atoms with van der Waals surface area (Å²) in [4.78, 5) is 4.91. The average molecular weight is 340 g/mol. The maximum absolute atomic E-state index is 6.30. The molecule has 1 atom stereocenters. The molecule has 0 spiro atoms. The van der Waals surface area contributed by atoms with Gasteiger partial charge in [-0.25, -0.2) is 0 Å². The second kappa shape index (κ2) is 7.55. The number of rotatable bonds is 5. The number of nitrogens with two attached hydrogens (primary N) is 1. The summed E-state index contributed by atoms with van der Waals surface area (Å²) in [6, 6.07) is 9.24. The first-order valence-electron chi connectivity index (χ1n) is 7.46. The van der Waals surface area contributed by atoms with Crippen LogP contribution in [0.1, 0.15) is 30.9 Å². The molecule has 1 unspecified atom stereocenters. The summed E-state index contributed by atoms with van der Waals surface area (Å²) in [5.41, 5.74) is 7.53. The molecule has 0 aromatic heterocycles. The molecule has 20 heavy (non-hydrogen) atoms. The van der Waals surface area contributed by atoms with Crippen molar-refractivity contribution in [1.82, 2.24) is 9.80 Å². The van der Waals surface area contributed by atoms with Crippen LogP contribution in [-0.4, -0.2) is 49.6 Å². The van der Waals surface area contributed by atoms with Gasteiger partial charge in [0.05, 0.1) is 0 Å². The van der Waals surface area contributed by atoms with Crippen LogP contribution < -0.4 is 5.73 Å². The number of benzene rings is 1. The quantitative estimate of drug-likeness (QED) is 0.895. The molecule has 2 N–H and O–H groups in total. The monoisotopic (exact) mass is 339 g/mol. The van der Waals surface area contributed by atoms with Gasteiger partial charge in [0, 0.05) is 16.6 Å². The summed E-state index contributed by atoms with van der Waals surface area (Å²) in [5.74, 6) is 0. The molecule has 0 bridgehead atoms. The number of halogens is 1. The smallest absolute Gasteiger partial charge is 0.0307 e. The Morgan fingerprint density at radius 2 is 2.05 bits per heavy atom. The van der Waals surface area contributed by atoms with Crippen LogP contribution in [-0.2, 0) is 0 Å². The van der Waals surface area contributed by atoms with Crippen molar-refractivity contribution in [1.29, 1.82) is 0 Å². The van der Waals surface area contributed by atoms with Gasteiger partial charge in [0.2, 0.25) is 0 Å². The van der Waals surface area contributed by atoms with E-state index in [1.807, 2.05) is 6.07 Å². The maximum atomic E-state index is 6.30. The van der Waals surface area contributed by atoms with Gasteiger partial charge in [-0.1, -0.05) is 28.1 Å². The third-order valence-corrected chi connectivity index (χ3v) is 4.81. The van der Waals surface area contributed by atoms with Gasteiger partial charge in [-0.2, -0.15) is 0 Å². The zero-order valence-electron chi connectivity index (χ0n) is 12.6. The van der Waals surface area contributed by atoms with E-state index >= 15 is 0 Å². The maximum Gasteiger partial charge on any atom is 0.0307 e. The Bertz CT molecular complexity index is 414. The predicted octanol–water partition coefficient (Wildman–Crippen LogP) is 2.87. The van der Waals surface area contributed by atoms with E-state index in [0.717, 1.165) is 23.5 Å². The average Bonchev–Trinajstić information content (AvgIpc) is 2.45. The lowest BCUT2D eigenvalue weighted by atomic mass is 10.0. The van der Waals surface area contributed by atoms with Crippen molar-refractivity contribution in [2.75, 3.05) is 33.7 Å². The Balaban J connectivity index is 1.76. The fraction of sp³-hybridized carbons (Fsp3) is 0.625. The molecule has 1 fully saturated rings. The summed E-state index contributed by atoms with van der Waals surface area (Å²) in [5, 5.41) is 0. The van der Waals surface area contributed by atoms with Crippen molar-refractivity contribution >= 4 is 15.9 Å². The van der Waals surface area contributed by atoms with E-state index in [-0.39, 0.29) is 6.04 Å². The SMILES string of the molecule is CN(C)C1CCN(CCC(N)c2cccc(Br)c2)CC1. The highest BCUT2D eigenvalue weighted by Crippen LogP contribution is 2.20. The first-order valence-corrected chi connectivity index (χ1v) is 8.25. The van der Waals surface area contributed by atoms with Crippen LogP contribution in [0.4, 0.5) is 0 Å². The highest BCUT2D eigenvalue weighted by atomic mass is 79.9. The third kappa shape index (κ3) is 4.55. The Morgan fingerprint density at radius 3 is 2.65 bits per heavy atom. The van der Waals surface area contributed by atoms with Crippen LogP contribution in [0, 0.1) is 0 Å². The van der Waals surface area contributed by atoms with Crippen LogP contribution in [0.15, 0.2) is 28.7 Å². The first kappa shape index (κ1) is 16.0. The van der Waals surface area contributed by atoms with Crippen LogP contribution in [0.3, 0.4) is 0 Å².